The third kappa shape index (κ3) is 3.00. The van der Waals surface area contributed by atoms with Crippen molar-refractivity contribution in [3.05, 3.63) is 48.0 Å². The van der Waals surface area contributed by atoms with Crippen LogP contribution in [0.4, 0.5) is 0 Å². The zero-order valence-electron chi connectivity index (χ0n) is 11.1. The molecule has 96 valence electrons. The van der Waals surface area contributed by atoms with Crippen LogP contribution in [-0.2, 0) is 17.6 Å². The van der Waals surface area contributed by atoms with Gasteiger partial charge in [-0.05, 0) is 24.0 Å². The highest BCUT2D eigenvalue weighted by molar-refractivity contribution is 5.79. The van der Waals surface area contributed by atoms with Gasteiger partial charge < -0.3 is 4.90 Å². The van der Waals surface area contributed by atoms with Gasteiger partial charge in [-0.1, -0.05) is 37.3 Å². The number of hydrogen-bond donors (Lipinski definition) is 0. The highest BCUT2D eigenvalue weighted by Gasteiger charge is 2.26. The molecule has 1 aromatic rings. The number of rotatable bonds is 5. The van der Waals surface area contributed by atoms with Crippen molar-refractivity contribution >= 4 is 5.91 Å². The van der Waals surface area contributed by atoms with Crippen molar-refractivity contribution in [1.82, 2.24) is 4.90 Å². The molecule has 0 aliphatic carbocycles. The van der Waals surface area contributed by atoms with Gasteiger partial charge in [-0.3, -0.25) is 4.79 Å². The molecule has 1 aliphatic rings. The summed E-state index contributed by atoms with van der Waals surface area (Å²) in [5.41, 5.74) is 2.67. The van der Waals surface area contributed by atoms with Gasteiger partial charge in [0.2, 0.25) is 5.91 Å². The Bertz CT molecular complexity index is 421. The Morgan fingerprint density at radius 2 is 2.00 bits per heavy atom. The minimum absolute atomic E-state index is 0.269. The second-order valence-electron chi connectivity index (χ2n) is 4.96. The summed E-state index contributed by atoms with van der Waals surface area (Å²) in [7, 11) is 0. The smallest absolute Gasteiger partial charge is 0.223 e. The number of benzene rings is 1. The molecule has 1 amide bonds. The molecule has 2 rings (SSSR count). The second kappa shape index (κ2) is 5.85. The molecule has 0 N–H and O–H groups in total. The van der Waals surface area contributed by atoms with Gasteiger partial charge in [0, 0.05) is 25.4 Å². The first kappa shape index (κ1) is 12.9. The van der Waals surface area contributed by atoms with Gasteiger partial charge in [-0.25, -0.2) is 0 Å². The lowest BCUT2D eigenvalue weighted by atomic mass is 10.1. The van der Waals surface area contributed by atoms with Crippen LogP contribution in [-0.4, -0.2) is 23.9 Å². The fraction of sp³-hybridized carbons (Fsp3) is 0.438. The Labute approximate surface area is 109 Å². The fourth-order valence-corrected chi connectivity index (χ4v) is 2.38. The largest absolute Gasteiger partial charge is 0.342 e. The van der Waals surface area contributed by atoms with Crippen molar-refractivity contribution in [3.63, 3.8) is 0 Å². The highest BCUT2D eigenvalue weighted by Crippen LogP contribution is 2.18. The molecule has 18 heavy (non-hydrogen) atoms. The van der Waals surface area contributed by atoms with Crippen LogP contribution >= 0.6 is 0 Å². The van der Waals surface area contributed by atoms with Crippen LogP contribution in [0.3, 0.4) is 0 Å². The monoisotopic (exact) mass is 243 g/mol. The van der Waals surface area contributed by atoms with Gasteiger partial charge in [0.15, 0.2) is 0 Å². The lowest BCUT2D eigenvalue weighted by molar-refractivity contribution is -0.127. The van der Waals surface area contributed by atoms with E-state index in [1.165, 1.54) is 11.1 Å². The van der Waals surface area contributed by atoms with E-state index in [0.717, 1.165) is 25.9 Å². The Hall–Kier alpha value is -1.57. The summed E-state index contributed by atoms with van der Waals surface area (Å²) in [5, 5.41) is 0. The molecule has 0 radical (unpaired) electrons. The topological polar surface area (TPSA) is 20.3 Å². The van der Waals surface area contributed by atoms with Gasteiger partial charge in [-0.15, -0.1) is 6.58 Å². The summed E-state index contributed by atoms with van der Waals surface area (Å²) < 4.78 is 0. The Balaban J connectivity index is 1.87. The Morgan fingerprint density at radius 1 is 1.33 bits per heavy atom. The quantitative estimate of drug-likeness (QED) is 0.728. The molecule has 0 saturated carbocycles. The minimum Gasteiger partial charge on any atom is -0.342 e. The maximum Gasteiger partial charge on any atom is 0.223 e. The molecule has 1 fully saturated rings. The minimum atomic E-state index is 0.269. The molecule has 2 nitrogen and oxygen atoms in total. The predicted octanol–water partition coefficient (Wildman–Crippen LogP) is 2.83. The number of carbonyl (C=O) groups is 1. The third-order valence-electron chi connectivity index (χ3n) is 3.68. The first-order valence-electron chi connectivity index (χ1n) is 6.71. The SMILES string of the molecule is C=CC1CC(=O)N(CCc2ccc(CC)cc2)C1. The number of likely N-dealkylation sites (tertiary alicyclic amines) is 1. The molecule has 1 saturated heterocycles. The molecule has 1 aliphatic heterocycles. The summed E-state index contributed by atoms with van der Waals surface area (Å²) in [5.74, 6) is 0.616. The van der Waals surface area contributed by atoms with Crippen molar-refractivity contribution in [2.75, 3.05) is 13.1 Å². The van der Waals surface area contributed by atoms with Crippen molar-refractivity contribution in [3.8, 4) is 0 Å². The molecule has 2 heteroatoms. The van der Waals surface area contributed by atoms with E-state index in [-0.39, 0.29) is 5.91 Å². The van der Waals surface area contributed by atoms with Crippen LogP contribution in [0.5, 0.6) is 0 Å². The van der Waals surface area contributed by atoms with Gasteiger partial charge in [0.05, 0.1) is 0 Å². The number of carbonyl (C=O) groups excluding carboxylic acids is 1. The number of amides is 1. The second-order valence-corrected chi connectivity index (χ2v) is 4.96. The van der Waals surface area contributed by atoms with Crippen LogP contribution in [0.15, 0.2) is 36.9 Å². The molecular weight excluding hydrogens is 222 g/mol. The van der Waals surface area contributed by atoms with E-state index in [2.05, 4.69) is 37.8 Å². The summed E-state index contributed by atoms with van der Waals surface area (Å²) in [4.78, 5) is 13.7. The van der Waals surface area contributed by atoms with Crippen LogP contribution in [0.25, 0.3) is 0 Å². The van der Waals surface area contributed by atoms with Crippen LogP contribution < -0.4 is 0 Å². The van der Waals surface area contributed by atoms with Crippen molar-refractivity contribution < 1.29 is 4.79 Å². The fourth-order valence-electron chi connectivity index (χ4n) is 2.38. The zero-order valence-corrected chi connectivity index (χ0v) is 11.1. The molecule has 0 aromatic heterocycles. The van der Waals surface area contributed by atoms with E-state index in [4.69, 9.17) is 0 Å². The van der Waals surface area contributed by atoms with Crippen molar-refractivity contribution in [2.45, 2.75) is 26.2 Å². The number of nitrogens with zero attached hydrogens (tertiary/aromatic N) is 1. The van der Waals surface area contributed by atoms with E-state index in [9.17, 15) is 4.79 Å². The molecule has 1 heterocycles. The first-order chi connectivity index (χ1) is 8.72. The highest BCUT2D eigenvalue weighted by atomic mass is 16.2. The average Bonchev–Trinajstić information content (AvgIpc) is 2.77. The van der Waals surface area contributed by atoms with Crippen LogP contribution in [0.2, 0.25) is 0 Å². The molecule has 1 aromatic carbocycles. The van der Waals surface area contributed by atoms with E-state index in [0.29, 0.717) is 12.3 Å². The molecule has 1 unspecified atom stereocenters. The third-order valence-corrected chi connectivity index (χ3v) is 3.68. The zero-order chi connectivity index (χ0) is 13.0. The van der Waals surface area contributed by atoms with Gasteiger partial charge in [0.25, 0.3) is 0 Å². The molecule has 0 spiro atoms. The maximum atomic E-state index is 11.7. The summed E-state index contributed by atoms with van der Waals surface area (Å²) in [6.45, 7) is 7.60. The van der Waals surface area contributed by atoms with E-state index in [1.807, 2.05) is 11.0 Å². The summed E-state index contributed by atoms with van der Waals surface area (Å²) >= 11 is 0. The Kier molecular flexibility index (Phi) is 4.19. The van der Waals surface area contributed by atoms with E-state index < -0.39 is 0 Å². The summed E-state index contributed by atoms with van der Waals surface area (Å²) in [6, 6.07) is 8.69. The number of aryl methyl sites for hydroxylation is 1. The van der Waals surface area contributed by atoms with Crippen molar-refractivity contribution in [2.24, 2.45) is 5.92 Å². The predicted molar refractivity (Wildman–Crippen MR) is 74.4 cm³/mol. The van der Waals surface area contributed by atoms with Gasteiger partial charge in [0.1, 0.15) is 0 Å². The molecule has 1 atom stereocenters. The Morgan fingerprint density at radius 3 is 2.56 bits per heavy atom. The average molecular weight is 243 g/mol. The first-order valence-corrected chi connectivity index (χ1v) is 6.71. The van der Waals surface area contributed by atoms with Crippen molar-refractivity contribution in [1.29, 1.82) is 0 Å². The molecule has 0 bridgehead atoms. The van der Waals surface area contributed by atoms with E-state index >= 15 is 0 Å². The normalized spacial score (nSPS) is 19.3. The standard InChI is InChI=1S/C16H21NO/c1-3-13-5-7-15(8-6-13)9-10-17-12-14(4-2)11-16(17)18/h4-8,14H,2-3,9-12H2,1H3. The van der Waals surface area contributed by atoms with Gasteiger partial charge in [-0.2, -0.15) is 0 Å². The van der Waals surface area contributed by atoms with Gasteiger partial charge >= 0.3 is 0 Å². The van der Waals surface area contributed by atoms with Crippen LogP contribution in [0.1, 0.15) is 24.5 Å². The summed E-state index contributed by atoms with van der Waals surface area (Å²) in [6.07, 6.45) is 4.55. The van der Waals surface area contributed by atoms with Crippen LogP contribution in [0, 0.1) is 5.92 Å². The van der Waals surface area contributed by atoms with E-state index in [1.54, 1.807) is 0 Å². The number of hydrogen-bond acceptors (Lipinski definition) is 1. The lowest BCUT2D eigenvalue weighted by Gasteiger charge is -2.16. The maximum absolute atomic E-state index is 11.7. The lowest BCUT2D eigenvalue weighted by Crippen LogP contribution is -2.27. The molecular formula is C16H21NO.